The number of hydrogen-bond donors (Lipinski definition) is 2. The fraction of sp³-hybridized carbons (Fsp3) is 0.625. The molecule has 1 aliphatic carbocycles. The Morgan fingerprint density at radius 1 is 1.43 bits per heavy atom. The summed E-state index contributed by atoms with van der Waals surface area (Å²) in [6.07, 6.45) is 6.86. The number of hydrogen-bond acceptors (Lipinski definition) is 3. The third-order valence-corrected chi connectivity index (χ3v) is 3.32. The van der Waals surface area contributed by atoms with Crippen LogP contribution in [0.1, 0.15) is 52.0 Å². The Morgan fingerprint density at radius 3 is 2.81 bits per heavy atom. The Balaban J connectivity index is 1.92. The van der Waals surface area contributed by atoms with Crippen molar-refractivity contribution < 1.29 is 4.74 Å². The summed E-state index contributed by atoms with van der Waals surface area (Å²) in [5.74, 6) is 1.15. The molecule has 0 unspecified atom stereocenters. The molecule has 0 atom stereocenters. The minimum absolute atomic E-state index is 0.0808. The van der Waals surface area contributed by atoms with Crippen LogP contribution in [-0.4, -0.2) is 22.6 Å². The highest BCUT2D eigenvalue weighted by atomic mass is 16.5. The molecule has 1 aromatic heterocycles. The van der Waals surface area contributed by atoms with E-state index in [2.05, 4.69) is 36.1 Å². The lowest BCUT2D eigenvalue weighted by atomic mass is 10.1. The van der Waals surface area contributed by atoms with Crippen LogP contribution in [0, 0.1) is 0 Å². The first-order valence-electron chi connectivity index (χ1n) is 7.62. The number of nitrogens with two attached hydrogens (primary N) is 1. The van der Waals surface area contributed by atoms with Crippen LogP contribution in [0.2, 0.25) is 0 Å². The molecule has 0 saturated heterocycles. The number of aliphatic imine (C=N–C) groups is 1. The minimum atomic E-state index is -0.0808. The van der Waals surface area contributed by atoms with Crippen LogP contribution in [0.15, 0.2) is 23.3 Å². The van der Waals surface area contributed by atoms with Crippen molar-refractivity contribution in [1.82, 2.24) is 10.3 Å². The maximum Gasteiger partial charge on any atom is 0.213 e. The van der Waals surface area contributed by atoms with Crippen LogP contribution >= 0.6 is 0 Å². The standard InChI is InChI=1S/C16H26N4O/c1-16(2,3)20-15(17)19-11-12-8-9-18-14(10-12)21-13-6-4-5-7-13/h8-10,13H,4-7,11H2,1-3H3,(H3,17,19,20). The second-order valence-electron chi connectivity index (χ2n) is 6.60. The van der Waals surface area contributed by atoms with Gasteiger partial charge in [-0.15, -0.1) is 0 Å². The third kappa shape index (κ3) is 5.61. The molecule has 21 heavy (non-hydrogen) atoms. The van der Waals surface area contributed by atoms with Gasteiger partial charge in [0.1, 0.15) is 6.10 Å². The fourth-order valence-corrected chi connectivity index (χ4v) is 2.39. The largest absolute Gasteiger partial charge is 0.474 e. The predicted octanol–water partition coefficient (Wildman–Crippen LogP) is 2.61. The van der Waals surface area contributed by atoms with Gasteiger partial charge in [-0.05, 0) is 58.1 Å². The zero-order valence-electron chi connectivity index (χ0n) is 13.2. The van der Waals surface area contributed by atoms with Crippen molar-refractivity contribution in [2.75, 3.05) is 0 Å². The van der Waals surface area contributed by atoms with Gasteiger partial charge < -0.3 is 15.8 Å². The number of guanidine groups is 1. The van der Waals surface area contributed by atoms with E-state index < -0.39 is 0 Å². The minimum Gasteiger partial charge on any atom is -0.474 e. The van der Waals surface area contributed by atoms with Gasteiger partial charge in [0.2, 0.25) is 5.88 Å². The van der Waals surface area contributed by atoms with Gasteiger partial charge in [0.15, 0.2) is 5.96 Å². The fourth-order valence-electron chi connectivity index (χ4n) is 2.39. The number of pyridine rings is 1. The normalized spacial score (nSPS) is 17.0. The Kier molecular flexibility index (Phi) is 5.04. The smallest absolute Gasteiger partial charge is 0.213 e. The number of nitrogens with zero attached hydrogens (tertiary/aromatic N) is 2. The van der Waals surface area contributed by atoms with Crippen LogP contribution in [0.4, 0.5) is 0 Å². The van der Waals surface area contributed by atoms with E-state index in [1.165, 1.54) is 12.8 Å². The molecule has 1 saturated carbocycles. The average molecular weight is 290 g/mol. The molecule has 5 heteroatoms. The maximum atomic E-state index is 5.90. The van der Waals surface area contributed by atoms with Crippen LogP contribution in [0.5, 0.6) is 5.88 Å². The summed E-state index contributed by atoms with van der Waals surface area (Å²) < 4.78 is 5.90. The summed E-state index contributed by atoms with van der Waals surface area (Å²) >= 11 is 0. The molecule has 0 radical (unpaired) electrons. The molecule has 3 N–H and O–H groups in total. The summed E-state index contributed by atoms with van der Waals surface area (Å²) in [5.41, 5.74) is 6.84. The highest BCUT2D eigenvalue weighted by Crippen LogP contribution is 2.23. The zero-order chi connectivity index (χ0) is 15.3. The quantitative estimate of drug-likeness (QED) is 0.660. The van der Waals surface area contributed by atoms with E-state index in [0.717, 1.165) is 18.4 Å². The summed E-state index contributed by atoms with van der Waals surface area (Å²) in [6, 6.07) is 3.89. The van der Waals surface area contributed by atoms with Gasteiger partial charge in [0.05, 0.1) is 6.54 Å². The molecule has 116 valence electrons. The Bertz CT molecular complexity index is 487. The van der Waals surface area contributed by atoms with Crippen molar-refractivity contribution in [3.63, 3.8) is 0 Å². The SMILES string of the molecule is CC(C)(C)NC(N)=NCc1ccnc(OC2CCCC2)c1. The molecule has 0 bridgehead atoms. The molecule has 5 nitrogen and oxygen atoms in total. The Labute approximate surface area is 127 Å². The van der Waals surface area contributed by atoms with E-state index in [9.17, 15) is 0 Å². The lowest BCUT2D eigenvalue weighted by Gasteiger charge is -2.21. The first-order chi connectivity index (χ1) is 9.92. The number of nitrogens with one attached hydrogen (secondary N) is 1. The summed E-state index contributed by atoms with van der Waals surface area (Å²) in [6.45, 7) is 6.68. The van der Waals surface area contributed by atoms with Crippen molar-refractivity contribution in [2.24, 2.45) is 10.7 Å². The predicted molar refractivity (Wildman–Crippen MR) is 85.3 cm³/mol. The first kappa shape index (κ1) is 15.6. The van der Waals surface area contributed by atoms with E-state index in [1.807, 2.05) is 12.1 Å². The number of rotatable bonds is 4. The second kappa shape index (κ2) is 6.78. The molecule has 0 aromatic carbocycles. The van der Waals surface area contributed by atoms with Crippen molar-refractivity contribution in [1.29, 1.82) is 0 Å². The van der Waals surface area contributed by atoms with E-state index in [1.54, 1.807) is 6.20 Å². The van der Waals surface area contributed by atoms with Crippen molar-refractivity contribution in [3.8, 4) is 5.88 Å². The number of ether oxygens (including phenoxy) is 1. The Hall–Kier alpha value is -1.78. The molecule has 1 heterocycles. The molecule has 1 aliphatic rings. The Morgan fingerprint density at radius 2 is 2.14 bits per heavy atom. The van der Waals surface area contributed by atoms with E-state index in [4.69, 9.17) is 10.5 Å². The molecule has 1 aromatic rings. The second-order valence-corrected chi connectivity index (χ2v) is 6.60. The van der Waals surface area contributed by atoms with Gasteiger partial charge in [-0.3, -0.25) is 0 Å². The maximum absolute atomic E-state index is 5.90. The summed E-state index contributed by atoms with van der Waals surface area (Å²) in [5, 5.41) is 3.14. The topological polar surface area (TPSA) is 72.5 Å². The van der Waals surface area contributed by atoms with Crippen LogP contribution < -0.4 is 15.8 Å². The van der Waals surface area contributed by atoms with Crippen molar-refractivity contribution in [2.45, 2.75) is 64.6 Å². The van der Waals surface area contributed by atoms with E-state index in [0.29, 0.717) is 24.5 Å². The molecule has 1 fully saturated rings. The first-order valence-corrected chi connectivity index (χ1v) is 7.62. The molecule has 0 amide bonds. The lowest BCUT2D eigenvalue weighted by Crippen LogP contribution is -2.44. The molecular formula is C16H26N4O. The van der Waals surface area contributed by atoms with Gasteiger partial charge in [-0.25, -0.2) is 9.98 Å². The average Bonchev–Trinajstić information content (AvgIpc) is 2.88. The van der Waals surface area contributed by atoms with E-state index >= 15 is 0 Å². The number of aromatic nitrogens is 1. The van der Waals surface area contributed by atoms with Crippen LogP contribution in [0.25, 0.3) is 0 Å². The monoisotopic (exact) mass is 290 g/mol. The summed E-state index contributed by atoms with van der Waals surface area (Å²) in [7, 11) is 0. The van der Waals surface area contributed by atoms with Gasteiger partial charge in [0.25, 0.3) is 0 Å². The molecule has 2 rings (SSSR count). The van der Waals surface area contributed by atoms with Gasteiger partial charge >= 0.3 is 0 Å². The molecule has 0 spiro atoms. The van der Waals surface area contributed by atoms with Gasteiger partial charge in [-0.2, -0.15) is 0 Å². The lowest BCUT2D eigenvalue weighted by molar-refractivity contribution is 0.201. The van der Waals surface area contributed by atoms with Crippen molar-refractivity contribution in [3.05, 3.63) is 23.9 Å². The van der Waals surface area contributed by atoms with E-state index in [-0.39, 0.29) is 5.54 Å². The van der Waals surface area contributed by atoms with Gasteiger partial charge in [-0.1, -0.05) is 0 Å². The highest BCUT2D eigenvalue weighted by molar-refractivity contribution is 5.78. The van der Waals surface area contributed by atoms with Crippen molar-refractivity contribution >= 4 is 5.96 Å². The third-order valence-electron chi connectivity index (χ3n) is 3.32. The molecular weight excluding hydrogens is 264 g/mol. The van der Waals surface area contributed by atoms with Crippen LogP contribution in [-0.2, 0) is 6.54 Å². The summed E-state index contributed by atoms with van der Waals surface area (Å²) in [4.78, 5) is 8.62. The van der Waals surface area contributed by atoms with Gasteiger partial charge in [0, 0.05) is 17.8 Å². The molecule has 0 aliphatic heterocycles. The highest BCUT2D eigenvalue weighted by Gasteiger charge is 2.17. The van der Waals surface area contributed by atoms with Crippen LogP contribution in [0.3, 0.4) is 0 Å². The zero-order valence-corrected chi connectivity index (χ0v) is 13.2.